The number of aromatic nitrogens is 1. The predicted molar refractivity (Wildman–Crippen MR) is 110 cm³/mol. The van der Waals surface area contributed by atoms with Gasteiger partial charge in [-0.25, -0.2) is 5.14 Å². The van der Waals surface area contributed by atoms with E-state index in [0.29, 0.717) is 38.2 Å². The summed E-state index contributed by atoms with van der Waals surface area (Å²) in [7, 11) is -3.91. The van der Waals surface area contributed by atoms with Gasteiger partial charge >= 0.3 is 0 Å². The van der Waals surface area contributed by atoms with Crippen LogP contribution < -0.4 is 14.8 Å². The number of rotatable bonds is 4. The first kappa shape index (κ1) is 21.0. The van der Waals surface area contributed by atoms with Crippen molar-refractivity contribution in [3.05, 3.63) is 35.0 Å². The van der Waals surface area contributed by atoms with Crippen LogP contribution >= 0.6 is 0 Å². The zero-order valence-electron chi connectivity index (χ0n) is 16.5. The Hall–Kier alpha value is -2.74. The average molecular weight is 417 g/mol. The van der Waals surface area contributed by atoms with Crippen molar-refractivity contribution in [2.75, 3.05) is 37.6 Å². The summed E-state index contributed by atoms with van der Waals surface area (Å²) in [4.78, 5) is 20.5. The fourth-order valence-electron chi connectivity index (χ4n) is 3.52. The van der Waals surface area contributed by atoms with Gasteiger partial charge in [0.15, 0.2) is 0 Å². The molecule has 1 aromatic carbocycles. The molecule has 0 saturated carbocycles. The largest absolute Gasteiger partial charge is 0.368 e. The maximum Gasteiger partial charge on any atom is 0.274 e. The van der Waals surface area contributed by atoms with Crippen LogP contribution in [0, 0.1) is 25.2 Å². The number of benzene rings is 1. The van der Waals surface area contributed by atoms with Crippen LogP contribution in [0.2, 0.25) is 0 Å². The van der Waals surface area contributed by atoms with Gasteiger partial charge in [0.1, 0.15) is 6.07 Å². The van der Waals surface area contributed by atoms with Crippen LogP contribution in [0.3, 0.4) is 0 Å². The van der Waals surface area contributed by atoms with Gasteiger partial charge in [0.05, 0.1) is 23.3 Å². The van der Waals surface area contributed by atoms with Gasteiger partial charge < -0.3 is 9.80 Å². The second kappa shape index (κ2) is 8.32. The molecule has 2 heterocycles. The van der Waals surface area contributed by atoms with Crippen molar-refractivity contribution in [3.63, 3.8) is 0 Å². The van der Waals surface area contributed by atoms with E-state index in [1.807, 2.05) is 24.6 Å². The fraction of sp³-hybridized carbons (Fsp3) is 0.421. The van der Waals surface area contributed by atoms with Gasteiger partial charge in [0, 0.05) is 37.8 Å². The van der Waals surface area contributed by atoms with Gasteiger partial charge in [-0.2, -0.15) is 18.4 Å². The SMILES string of the molecule is Cc1cc2ncc(C#N)c(N3CCCN(C(=O)CNS(N)(=O)=O)CC3)c2cc1C. The molecule has 0 spiro atoms. The van der Waals surface area contributed by atoms with E-state index in [4.69, 9.17) is 5.14 Å². The maximum atomic E-state index is 12.3. The second-order valence-corrected chi connectivity index (χ2v) is 8.55. The molecule has 3 rings (SSSR count). The Morgan fingerprint density at radius 1 is 1.24 bits per heavy atom. The molecule has 9 nitrogen and oxygen atoms in total. The molecule has 0 aliphatic carbocycles. The molecule has 3 N–H and O–H groups in total. The molecular weight excluding hydrogens is 392 g/mol. The molecule has 154 valence electrons. The topological polar surface area (TPSA) is 132 Å². The van der Waals surface area contributed by atoms with Gasteiger partial charge in [0.2, 0.25) is 5.91 Å². The molecule has 2 aromatic rings. The molecule has 29 heavy (non-hydrogen) atoms. The molecule has 0 unspecified atom stereocenters. The number of nitrogens with one attached hydrogen (secondary N) is 1. The fourth-order valence-corrected chi connectivity index (χ4v) is 3.85. The lowest BCUT2D eigenvalue weighted by Gasteiger charge is -2.26. The molecule has 1 aromatic heterocycles. The predicted octanol–water partition coefficient (Wildman–Crippen LogP) is 0.555. The summed E-state index contributed by atoms with van der Waals surface area (Å²) in [6, 6.07) is 6.30. The minimum Gasteiger partial charge on any atom is -0.368 e. The number of carbonyl (C=O) groups excluding carboxylic acids is 1. The molecule has 0 radical (unpaired) electrons. The number of pyridine rings is 1. The Morgan fingerprint density at radius 3 is 2.66 bits per heavy atom. The van der Waals surface area contributed by atoms with Crippen LogP contribution in [0.25, 0.3) is 10.9 Å². The summed E-state index contributed by atoms with van der Waals surface area (Å²) in [5, 5.41) is 15.4. The number of nitriles is 1. The van der Waals surface area contributed by atoms with Gasteiger partial charge in [0.25, 0.3) is 10.2 Å². The van der Waals surface area contributed by atoms with Crippen molar-refractivity contribution in [2.24, 2.45) is 5.14 Å². The number of carbonyl (C=O) groups is 1. The molecule has 1 saturated heterocycles. The van der Waals surface area contributed by atoms with Crippen molar-refractivity contribution < 1.29 is 13.2 Å². The first-order chi connectivity index (χ1) is 13.7. The van der Waals surface area contributed by atoms with Crippen LogP contribution in [-0.4, -0.2) is 56.9 Å². The van der Waals surface area contributed by atoms with Crippen LogP contribution in [0.4, 0.5) is 5.69 Å². The zero-order chi connectivity index (χ0) is 21.2. The molecular formula is C19H24N6O3S. The summed E-state index contributed by atoms with van der Waals surface area (Å²) in [5.41, 5.74) is 4.41. The molecule has 1 aliphatic heterocycles. The van der Waals surface area contributed by atoms with E-state index < -0.39 is 10.2 Å². The lowest BCUT2D eigenvalue weighted by atomic mass is 10.0. The minimum atomic E-state index is -3.91. The molecule has 1 amide bonds. The minimum absolute atomic E-state index is 0.326. The Bertz CT molecular complexity index is 1090. The number of fused-ring (bicyclic) bond motifs is 1. The highest BCUT2D eigenvalue weighted by molar-refractivity contribution is 7.87. The lowest BCUT2D eigenvalue weighted by Crippen LogP contribution is -2.43. The summed E-state index contributed by atoms with van der Waals surface area (Å²) >= 11 is 0. The Kier molecular flexibility index (Phi) is 6.02. The van der Waals surface area contributed by atoms with Crippen molar-refractivity contribution in [2.45, 2.75) is 20.3 Å². The molecule has 1 fully saturated rings. The second-order valence-electron chi connectivity index (χ2n) is 7.17. The maximum absolute atomic E-state index is 12.3. The number of hydrogen-bond acceptors (Lipinski definition) is 6. The number of aryl methyl sites for hydroxylation is 2. The van der Waals surface area contributed by atoms with E-state index in [0.717, 1.165) is 27.7 Å². The quantitative estimate of drug-likeness (QED) is 0.748. The summed E-state index contributed by atoms with van der Waals surface area (Å²) in [6.07, 6.45) is 2.29. The highest BCUT2D eigenvalue weighted by Gasteiger charge is 2.23. The molecule has 10 heteroatoms. The van der Waals surface area contributed by atoms with Gasteiger partial charge in [-0.3, -0.25) is 9.78 Å². The van der Waals surface area contributed by atoms with Crippen molar-refractivity contribution in [1.29, 1.82) is 5.26 Å². The third-order valence-electron chi connectivity index (χ3n) is 5.16. The van der Waals surface area contributed by atoms with E-state index >= 15 is 0 Å². The first-order valence-electron chi connectivity index (χ1n) is 9.30. The first-order valence-corrected chi connectivity index (χ1v) is 10.8. The van der Waals surface area contributed by atoms with Crippen LogP contribution in [-0.2, 0) is 15.0 Å². The number of anilines is 1. The van der Waals surface area contributed by atoms with Crippen molar-refractivity contribution >= 4 is 32.7 Å². The summed E-state index contributed by atoms with van der Waals surface area (Å²) in [5.74, 6) is -0.326. The number of nitrogens with two attached hydrogens (primary N) is 1. The smallest absolute Gasteiger partial charge is 0.274 e. The van der Waals surface area contributed by atoms with Gasteiger partial charge in [-0.05, 0) is 43.5 Å². The number of hydrogen-bond donors (Lipinski definition) is 2. The van der Waals surface area contributed by atoms with Crippen LogP contribution in [0.1, 0.15) is 23.1 Å². The van der Waals surface area contributed by atoms with Crippen molar-refractivity contribution in [1.82, 2.24) is 14.6 Å². The number of nitrogens with zero attached hydrogens (tertiary/aromatic N) is 4. The van der Waals surface area contributed by atoms with E-state index in [1.54, 1.807) is 11.1 Å². The lowest BCUT2D eigenvalue weighted by molar-refractivity contribution is -0.129. The van der Waals surface area contributed by atoms with Crippen LogP contribution in [0.5, 0.6) is 0 Å². The third-order valence-corrected chi connectivity index (χ3v) is 5.71. The Labute approximate surface area is 170 Å². The van der Waals surface area contributed by atoms with Crippen LogP contribution in [0.15, 0.2) is 18.3 Å². The number of amides is 1. The monoisotopic (exact) mass is 416 g/mol. The van der Waals surface area contributed by atoms with Crippen molar-refractivity contribution in [3.8, 4) is 6.07 Å². The Balaban J connectivity index is 1.87. The van der Waals surface area contributed by atoms with E-state index in [-0.39, 0.29) is 12.5 Å². The standard InChI is InChI=1S/C19H24N6O3S/c1-13-8-16-17(9-14(13)2)22-11-15(10-20)19(16)25-5-3-4-24(6-7-25)18(26)12-23-29(21,27)28/h8-9,11,23H,3-7,12H2,1-2H3,(H2,21,27,28). The molecule has 0 atom stereocenters. The Morgan fingerprint density at radius 2 is 1.97 bits per heavy atom. The van der Waals surface area contributed by atoms with E-state index in [1.165, 1.54) is 0 Å². The van der Waals surface area contributed by atoms with Gasteiger partial charge in [-0.15, -0.1) is 0 Å². The highest BCUT2D eigenvalue weighted by Crippen LogP contribution is 2.31. The summed E-state index contributed by atoms with van der Waals surface area (Å²) in [6.45, 7) is 5.82. The molecule has 0 bridgehead atoms. The average Bonchev–Trinajstić information content (AvgIpc) is 2.91. The normalized spacial score (nSPS) is 15.2. The zero-order valence-corrected chi connectivity index (χ0v) is 17.3. The van der Waals surface area contributed by atoms with Gasteiger partial charge in [-0.1, -0.05) is 0 Å². The third kappa shape index (κ3) is 4.82. The van der Waals surface area contributed by atoms with E-state index in [2.05, 4.69) is 22.0 Å². The summed E-state index contributed by atoms with van der Waals surface area (Å²) < 4.78 is 24.1. The van der Waals surface area contributed by atoms with E-state index in [9.17, 15) is 18.5 Å². The molecule has 1 aliphatic rings. The highest BCUT2D eigenvalue weighted by atomic mass is 32.2.